The van der Waals surface area contributed by atoms with Crippen molar-refractivity contribution in [2.24, 2.45) is 0 Å². The second-order valence-electron chi connectivity index (χ2n) is 6.03. The highest BCUT2D eigenvalue weighted by atomic mass is 35.5. The van der Waals surface area contributed by atoms with Crippen molar-refractivity contribution in [2.75, 3.05) is 20.1 Å². The first kappa shape index (κ1) is 13.8. The van der Waals surface area contributed by atoms with Gasteiger partial charge in [0.25, 0.3) is 0 Å². The van der Waals surface area contributed by atoms with Gasteiger partial charge in [-0.1, -0.05) is 11.6 Å². The first-order valence-electron chi connectivity index (χ1n) is 7.56. The molecule has 0 bridgehead atoms. The smallest absolute Gasteiger partial charge is 0.0671 e. The second-order valence-corrected chi connectivity index (χ2v) is 6.46. The van der Waals surface area contributed by atoms with E-state index in [2.05, 4.69) is 38.1 Å². The van der Waals surface area contributed by atoms with E-state index in [0.29, 0.717) is 11.1 Å². The molecule has 114 valence electrons. The standard InChI is InChI=1S/C16H18ClN5/c1-21-4-2-13(3-5-21)22-10-11(8-19-22)14-6-12(17)7-16-15(14)9-18-20-16/h6-10,13H,2-5H2,1H3,(H,18,20). The van der Waals surface area contributed by atoms with Gasteiger partial charge < -0.3 is 4.90 Å². The van der Waals surface area contributed by atoms with Crippen LogP contribution in [-0.2, 0) is 0 Å². The van der Waals surface area contributed by atoms with Gasteiger partial charge in [-0.05, 0) is 50.7 Å². The number of likely N-dealkylation sites (tertiary alicyclic amines) is 1. The zero-order chi connectivity index (χ0) is 15.1. The lowest BCUT2D eigenvalue weighted by atomic mass is 10.0. The highest BCUT2D eigenvalue weighted by Gasteiger charge is 2.19. The third-order valence-corrected chi connectivity index (χ3v) is 4.72. The summed E-state index contributed by atoms with van der Waals surface area (Å²) in [5.41, 5.74) is 3.12. The van der Waals surface area contributed by atoms with Gasteiger partial charge in [0.15, 0.2) is 0 Å². The molecule has 0 amide bonds. The average Bonchev–Trinajstić information content (AvgIpc) is 3.15. The Kier molecular flexibility index (Phi) is 3.39. The molecule has 0 spiro atoms. The van der Waals surface area contributed by atoms with Crippen molar-refractivity contribution in [1.82, 2.24) is 24.9 Å². The molecule has 1 fully saturated rings. The molecule has 6 heteroatoms. The largest absolute Gasteiger partial charge is 0.306 e. The summed E-state index contributed by atoms with van der Waals surface area (Å²) in [7, 11) is 2.17. The molecule has 2 aromatic heterocycles. The van der Waals surface area contributed by atoms with Crippen molar-refractivity contribution in [3.8, 4) is 11.1 Å². The summed E-state index contributed by atoms with van der Waals surface area (Å²) in [5.74, 6) is 0. The van der Waals surface area contributed by atoms with E-state index < -0.39 is 0 Å². The van der Waals surface area contributed by atoms with Gasteiger partial charge in [-0.15, -0.1) is 0 Å². The van der Waals surface area contributed by atoms with Crippen LogP contribution in [0.3, 0.4) is 0 Å². The molecule has 3 aromatic rings. The second kappa shape index (κ2) is 5.41. The van der Waals surface area contributed by atoms with Crippen LogP contribution >= 0.6 is 11.6 Å². The molecule has 0 unspecified atom stereocenters. The average molecular weight is 316 g/mol. The number of aromatic nitrogens is 4. The van der Waals surface area contributed by atoms with Crippen LogP contribution in [0, 0.1) is 0 Å². The molecule has 0 aliphatic carbocycles. The Morgan fingerprint density at radius 2 is 2.05 bits per heavy atom. The van der Waals surface area contributed by atoms with Crippen molar-refractivity contribution in [3.63, 3.8) is 0 Å². The Bertz CT molecular complexity index is 798. The van der Waals surface area contributed by atoms with Gasteiger partial charge in [0.05, 0.1) is 24.0 Å². The van der Waals surface area contributed by atoms with E-state index >= 15 is 0 Å². The number of fused-ring (bicyclic) bond motifs is 1. The molecule has 3 heterocycles. The van der Waals surface area contributed by atoms with Crippen LogP contribution in [0.2, 0.25) is 5.02 Å². The SMILES string of the molecule is CN1CCC(n2cc(-c3cc(Cl)cc4[nH]ncc34)cn2)CC1. The molecule has 4 rings (SSSR count). The third kappa shape index (κ3) is 2.40. The Morgan fingerprint density at radius 1 is 1.23 bits per heavy atom. The Morgan fingerprint density at radius 3 is 2.86 bits per heavy atom. The van der Waals surface area contributed by atoms with Crippen LogP contribution < -0.4 is 0 Å². The Hall–Kier alpha value is -1.85. The first-order valence-corrected chi connectivity index (χ1v) is 7.94. The predicted molar refractivity (Wildman–Crippen MR) is 88.1 cm³/mol. The number of rotatable bonds is 2. The van der Waals surface area contributed by atoms with Gasteiger partial charge in [-0.2, -0.15) is 10.2 Å². The minimum atomic E-state index is 0.490. The molecule has 5 nitrogen and oxygen atoms in total. The summed E-state index contributed by atoms with van der Waals surface area (Å²) in [5, 5.41) is 13.5. The maximum Gasteiger partial charge on any atom is 0.0671 e. The Balaban J connectivity index is 1.70. The molecule has 22 heavy (non-hydrogen) atoms. The van der Waals surface area contributed by atoms with E-state index in [4.69, 9.17) is 11.6 Å². The van der Waals surface area contributed by atoms with Gasteiger partial charge in [-0.25, -0.2) is 0 Å². The topological polar surface area (TPSA) is 49.7 Å². The number of nitrogens with one attached hydrogen (secondary N) is 1. The number of piperidine rings is 1. The zero-order valence-corrected chi connectivity index (χ0v) is 13.2. The molecule has 1 N–H and O–H groups in total. The van der Waals surface area contributed by atoms with Crippen LogP contribution in [0.15, 0.2) is 30.7 Å². The van der Waals surface area contributed by atoms with Gasteiger partial charge in [0, 0.05) is 22.2 Å². The number of halogens is 1. The summed E-state index contributed by atoms with van der Waals surface area (Å²) in [4.78, 5) is 2.37. The lowest BCUT2D eigenvalue weighted by Crippen LogP contribution is -2.31. The van der Waals surface area contributed by atoms with Crippen molar-refractivity contribution in [2.45, 2.75) is 18.9 Å². The molecular weight excluding hydrogens is 298 g/mol. The molecule has 1 aromatic carbocycles. The fourth-order valence-corrected chi connectivity index (χ4v) is 3.41. The van der Waals surface area contributed by atoms with E-state index in [0.717, 1.165) is 48.0 Å². The highest BCUT2D eigenvalue weighted by Crippen LogP contribution is 2.32. The van der Waals surface area contributed by atoms with Crippen molar-refractivity contribution < 1.29 is 0 Å². The maximum absolute atomic E-state index is 6.22. The van der Waals surface area contributed by atoms with Crippen molar-refractivity contribution in [1.29, 1.82) is 0 Å². The molecule has 1 aliphatic heterocycles. The van der Waals surface area contributed by atoms with Crippen LogP contribution in [0.5, 0.6) is 0 Å². The minimum Gasteiger partial charge on any atom is -0.306 e. The van der Waals surface area contributed by atoms with E-state index in [1.807, 2.05) is 24.5 Å². The van der Waals surface area contributed by atoms with Gasteiger partial charge in [-0.3, -0.25) is 9.78 Å². The van der Waals surface area contributed by atoms with Crippen LogP contribution in [-0.4, -0.2) is 45.0 Å². The summed E-state index contributed by atoms with van der Waals surface area (Å²) in [6.45, 7) is 2.26. The number of nitrogens with zero attached hydrogens (tertiary/aromatic N) is 4. The van der Waals surface area contributed by atoms with Crippen molar-refractivity contribution >= 4 is 22.5 Å². The predicted octanol–water partition coefficient (Wildman–Crippen LogP) is 3.35. The van der Waals surface area contributed by atoms with E-state index in [1.165, 1.54) is 0 Å². The molecular formula is C16H18ClN5. The molecule has 1 saturated heterocycles. The fourth-order valence-electron chi connectivity index (χ4n) is 3.19. The monoisotopic (exact) mass is 315 g/mol. The fraction of sp³-hybridized carbons (Fsp3) is 0.375. The van der Waals surface area contributed by atoms with Crippen molar-refractivity contribution in [3.05, 3.63) is 35.7 Å². The molecule has 0 atom stereocenters. The number of aromatic amines is 1. The minimum absolute atomic E-state index is 0.490. The van der Waals surface area contributed by atoms with Gasteiger partial charge in [0.2, 0.25) is 0 Å². The van der Waals surface area contributed by atoms with Gasteiger partial charge >= 0.3 is 0 Å². The van der Waals surface area contributed by atoms with E-state index in [9.17, 15) is 0 Å². The number of H-pyrrole nitrogens is 1. The number of benzene rings is 1. The normalized spacial score (nSPS) is 17.4. The summed E-state index contributed by atoms with van der Waals surface area (Å²) >= 11 is 6.22. The molecule has 1 aliphatic rings. The Labute approximate surface area is 133 Å². The number of hydrogen-bond donors (Lipinski definition) is 1. The lowest BCUT2D eigenvalue weighted by molar-refractivity contribution is 0.212. The molecule has 0 radical (unpaired) electrons. The zero-order valence-electron chi connectivity index (χ0n) is 12.5. The summed E-state index contributed by atoms with van der Waals surface area (Å²) in [6.07, 6.45) is 8.20. The van der Waals surface area contributed by atoms with E-state index in [1.54, 1.807) is 0 Å². The van der Waals surface area contributed by atoms with E-state index in [-0.39, 0.29) is 0 Å². The third-order valence-electron chi connectivity index (χ3n) is 4.50. The van der Waals surface area contributed by atoms with Gasteiger partial charge in [0.1, 0.15) is 0 Å². The van der Waals surface area contributed by atoms with Crippen LogP contribution in [0.25, 0.3) is 22.0 Å². The quantitative estimate of drug-likeness (QED) is 0.789. The van der Waals surface area contributed by atoms with Crippen LogP contribution in [0.4, 0.5) is 0 Å². The first-order chi connectivity index (χ1) is 10.7. The van der Waals surface area contributed by atoms with Crippen LogP contribution in [0.1, 0.15) is 18.9 Å². The molecule has 0 saturated carbocycles. The summed E-state index contributed by atoms with van der Waals surface area (Å²) < 4.78 is 2.11. The summed E-state index contributed by atoms with van der Waals surface area (Å²) in [6, 6.07) is 4.37. The maximum atomic E-state index is 6.22. The lowest BCUT2D eigenvalue weighted by Gasteiger charge is -2.28. The number of hydrogen-bond acceptors (Lipinski definition) is 3. The highest BCUT2D eigenvalue weighted by molar-refractivity contribution is 6.31.